The van der Waals surface area contributed by atoms with Gasteiger partial charge in [-0.3, -0.25) is 14.4 Å². The van der Waals surface area contributed by atoms with Gasteiger partial charge in [0, 0.05) is 19.3 Å². The van der Waals surface area contributed by atoms with Crippen molar-refractivity contribution in [3.8, 4) is 0 Å². The summed E-state index contributed by atoms with van der Waals surface area (Å²) in [6.07, 6.45) is 52.6. The first-order valence-corrected chi connectivity index (χ1v) is 29.1. The zero-order valence-electron chi connectivity index (χ0n) is 44.8. The van der Waals surface area contributed by atoms with Crippen molar-refractivity contribution in [3.05, 3.63) is 0 Å². The molecule has 1 atom stereocenters. The number of ether oxygens (including phenoxy) is 3. The van der Waals surface area contributed by atoms with Crippen molar-refractivity contribution < 1.29 is 28.6 Å². The molecule has 0 radical (unpaired) electrons. The molecule has 6 heteroatoms. The van der Waals surface area contributed by atoms with Gasteiger partial charge in [-0.25, -0.2) is 0 Å². The van der Waals surface area contributed by atoms with Crippen LogP contribution in [0, 0.1) is 17.8 Å². The summed E-state index contributed by atoms with van der Waals surface area (Å²) >= 11 is 0. The summed E-state index contributed by atoms with van der Waals surface area (Å²) in [6.45, 7) is 13.7. The Morgan fingerprint density at radius 2 is 0.446 bits per heavy atom. The molecule has 65 heavy (non-hydrogen) atoms. The maximum Gasteiger partial charge on any atom is 0.306 e. The lowest BCUT2D eigenvalue weighted by atomic mass is 10.0. The van der Waals surface area contributed by atoms with Crippen LogP contribution in [-0.2, 0) is 28.6 Å². The molecule has 0 spiro atoms. The summed E-state index contributed by atoms with van der Waals surface area (Å²) in [5.41, 5.74) is 0. The van der Waals surface area contributed by atoms with Gasteiger partial charge in [0.15, 0.2) is 6.10 Å². The highest BCUT2D eigenvalue weighted by molar-refractivity contribution is 5.71. The average molecular weight is 920 g/mol. The molecule has 0 amide bonds. The van der Waals surface area contributed by atoms with Gasteiger partial charge in [-0.15, -0.1) is 0 Å². The van der Waals surface area contributed by atoms with Gasteiger partial charge < -0.3 is 14.2 Å². The van der Waals surface area contributed by atoms with E-state index >= 15 is 0 Å². The molecular formula is C59H114O6. The van der Waals surface area contributed by atoms with E-state index in [4.69, 9.17) is 14.2 Å². The number of carbonyl (C=O) groups excluding carboxylic acids is 3. The predicted octanol–water partition coefficient (Wildman–Crippen LogP) is 19.1. The Kier molecular flexibility index (Phi) is 49.1. The zero-order chi connectivity index (χ0) is 47.7. The fraction of sp³-hybridized carbons (Fsp3) is 0.949. The SMILES string of the molecule is CC(C)CCCCCCCCCCCCCCCCCCCCC(=O)OC[C@@H](COC(=O)CCCCCCCCC(C)C)OC(=O)CCCCCCCCCCCCCCCCC(C)C. The minimum absolute atomic E-state index is 0.0643. The first-order valence-electron chi connectivity index (χ1n) is 29.1. The highest BCUT2D eigenvalue weighted by Crippen LogP contribution is 2.18. The number of rotatable bonds is 52. The average Bonchev–Trinajstić information content (AvgIpc) is 3.26. The van der Waals surface area contributed by atoms with Crippen LogP contribution in [0.4, 0.5) is 0 Å². The second kappa shape index (κ2) is 50.3. The molecule has 0 aliphatic carbocycles. The van der Waals surface area contributed by atoms with Crippen molar-refractivity contribution in [2.45, 2.75) is 330 Å². The van der Waals surface area contributed by atoms with Crippen LogP contribution in [0.2, 0.25) is 0 Å². The lowest BCUT2D eigenvalue weighted by Gasteiger charge is -2.18. The predicted molar refractivity (Wildman–Crippen MR) is 279 cm³/mol. The molecule has 0 N–H and O–H groups in total. The monoisotopic (exact) mass is 919 g/mol. The van der Waals surface area contributed by atoms with Crippen LogP contribution in [0.5, 0.6) is 0 Å². The molecule has 0 aromatic carbocycles. The molecule has 0 bridgehead atoms. The Morgan fingerprint density at radius 1 is 0.262 bits per heavy atom. The second-order valence-corrected chi connectivity index (χ2v) is 21.7. The Balaban J connectivity index is 4.19. The molecule has 386 valence electrons. The maximum absolute atomic E-state index is 12.8. The number of esters is 3. The maximum atomic E-state index is 12.8. The molecule has 0 heterocycles. The number of hydrogen-bond donors (Lipinski definition) is 0. The molecule has 0 saturated heterocycles. The molecular weight excluding hydrogens is 805 g/mol. The Morgan fingerprint density at radius 3 is 0.662 bits per heavy atom. The van der Waals surface area contributed by atoms with Crippen LogP contribution in [0.3, 0.4) is 0 Å². The molecule has 0 unspecified atom stereocenters. The Labute approximate surface area is 406 Å². The molecule has 0 aromatic rings. The summed E-state index contributed by atoms with van der Waals surface area (Å²) in [5, 5.41) is 0. The lowest BCUT2D eigenvalue weighted by Crippen LogP contribution is -2.30. The second-order valence-electron chi connectivity index (χ2n) is 21.7. The fourth-order valence-electron chi connectivity index (χ4n) is 9.00. The molecule has 0 saturated carbocycles. The van der Waals surface area contributed by atoms with Crippen molar-refractivity contribution in [1.82, 2.24) is 0 Å². The van der Waals surface area contributed by atoms with Crippen molar-refractivity contribution in [3.63, 3.8) is 0 Å². The summed E-state index contributed by atoms with van der Waals surface area (Å²) in [7, 11) is 0. The van der Waals surface area contributed by atoms with Crippen molar-refractivity contribution >= 4 is 17.9 Å². The molecule has 6 nitrogen and oxygen atoms in total. The Bertz CT molecular complexity index is 1010. The standard InChI is InChI=1S/C59H114O6/c1-53(2)45-39-33-27-23-19-15-11-9-7-8-10-12-17-21-25-29-36-42-48-57(60)63-51-56(52-64-58(61)49-43-37-32-31-35-41-47-55(5)6)65-59(62)50-44-38-30-26-22-18-14-13-16-20-24-28-34-40-46-54(3)4/h53-56H,7-52H2,1-6H3/t56-/m0/s1. The summed E-state index contributed by atoms with van der Waals surface area (Å²) < 4.78 is 16.9. The lowest BCUT2D eigenvalue weighted by molar-refractivity contribution is -0.167. The minimum Gasteiger partial charge on any atom is -0.462 e. The third kappa shape index (κ3) is 53.2. The highest BCUT2D eigenvalue weighted by Gasteiger charge is 2.19. The van der Waals surface area contributed by atoms with Gasteiger partial charge in [-0.1, -0.05) is 286 Å². The van der Waals surface area contributed by atoms with Gasteiger partial charge in [-0.05, 0) is 37.0 Å². The zero-order valence-corrected chi connectivity index (χ0v) is 44.8. The highest BCUT2D eigenvalue weighted by atomic mass is 16.6. The van der Waals surface area contributed by atoms with Crippen LogP contribution in [0.25, 0.3) is 0 Å². The van der Waals surface area contributed by atoms with Crippen molar-refractivity contribution in [2.75, 3.05) is 13.2 Å². The van der Waals surface area contributed by atoms with E-state index in [0.717, 1.165) is 75.5 Å². The Hall–Kier alpha value is -1.59. The van der Waals surface area contributed by atoms with Crippen molar-refractivity contribution in [1.29, 1.82) is 0 Å². The number of carbonyl (C=O) groups is 3. The molecule has 0 fully saturated rings. The quantitative estimate of drug-likeness (QED) is 0.0344. The normalized spacial score (nSPS) is 12.1. The van der Waals surface area contributed by atoms with Gasteiger partial charge in [0.05, 0.1) is 0 Å². The number of unbranched alkanes of at least 4 members (excludes halogenated alkanes) is 35. The molecule has 0 aromatic heterocycles. The van der Waals surface area contributed by atoms with E-state index in [1.807, 2.05) is 0 Å². The van der Waals surface area contributed by atoms with E-state index in [0.29, 0.717) is 19.3 Å². The van der Waals surface area contributed by atoms with Gasteiger partial charge in [0.25, 0.3) is 0 Å². The smallest absolute Gasteiger partial charge is 0.306 e. The molecule has 0 aliphatic rings. The topological polar surface area (TPSA) is 78.9 Å². The van der Waals surface area contributed by atoms with Crippen LogP contribution in [0.15, 0.2) is 0 Å². The van der Waals surface area contributed by atoms with Crippen molar-refractivity contribution in [2.24, 2.45) is 17.8 Å². The first-order chi connectivity index (χ1) is 31.6. The third-order valence-corrected chi connectivity index (χ3v) is 13.4. The van der Waals surface area contributed by atoms with Crippen LogP contribution >= 0.6 is 0 Å². The van der Waals surface area contributed by atoms with Gasteiger partial charge in [0.1, 0.15) is 13.2 Å². The van der Waals surface area contributed by atoms with E-state index in [2.05, 4.69) is 41.5 Å². The fourth-order valence-corrected chi connectivity index (χ4v) is 9.00. The van der Waals surface area contributed by atoms with E-state index in [-0.39, 0.29) is 31.1 Å². The van der Waals surface area contributed by atoms with Crippen LogP contribution in [0.1, 0.15) is 324 Å². The number of hydrogen-bond acceptors (Lipinski definition) is 6. The van der Waals surface area contributed by atoms with Gasteiger partial charge >= 0.3 is 17.9 Å². The molecule has 0 rings (SSSR count). The van der Waals surface area contributed by atoms with Gasteiger partial charge in [-0.2, -0.15) is 0 Å². The largest absolute Gasteiger partial charge is 0.462 e. The first kappa shape index (κ1) is 63.4. The van der Waals surface area contributed by atoms with E-state index in [9.17, 15) is 14.4 Å². The van der Waals surface area contributed by atoms with Crippen LogP contribution in [-0.4, -0.2) is 37.2 Å². The minimum atomic E-state index is -0.764. The summed E-state index contributed by atoms with van der Waals surface area (Å²) in [5.74, 6) is 1.62. The molecule has 0 aliphatic heterocycles. The third-order valence-electron chi connectivity index (χ3n) is 13.4. The van der Waals surface area contributed by atoms with Gasteiger partial charge in [0.2, 0.25) is 0 Å². The summed E-state index contributed by atoms with van der Waals surface area (Å²) in [6, 6.07) is 0. The summed E-state index contributed by atoms with van der Waals surface area (Å²) in [4.78, 5) is 38.0. The van der Waals surface area contributed by atoms with Crippen LogP contribution < -0.4 is 0 Å². The van der Waals surface area contributed by atoms with E-state index in [1.165, 1.54) is 205 Å². The van der Waals surface area contributed by atoms with E-state index < -0.39 is 6.10 Å². The van der Waals surface area contributed by atoms with E-state index in [1.54, 1.807) is 0 Å².